The van der Waals surface area contributed by atoms with Crippen LogP contribution in [0, 0.1) is 17.1 Å². The van der Waals surface area contributed by atoms with Crippen molar-refractivity contribution in [2.75, 3.05) is 31.7 Å². The first-order valence-corrected chi connectivity index (χ1v) is 17.9. The number of amidine groups is 1. The van der Waals surface area contributed by atoms with Gasteiger partial charge in [-0.25, -0.2) is 23.4 Å². The quantitative estimate of drug-likeness (QED) is 0.0686. The third-order valence-corrected chi connectivity index (χ3v) is 11.5. The molecule has 1 amide bonds. The number of oxime groups is 1. The number of nitrogens with one attached hydrogen (secondary N) is 1. The summed E-state index contributed by atoms with van der Waals surface area (Å²) in [6.07, 6.45) is 7.26. The molecule has 7 rings (SSSR count). The van der Waals surface area contributed by atoms with E-state index in [0.29, 0.717) is 28.3 Å². The minimum absolute atomic E-state index is 0.0658. The SMILES string of the molecule is CO/N=C(\C(=O)C[C@@H]1C(=O)N2C(C(=O)O)=C(Cn3ccc4n3cc[n+]4Cc3ccc(C(=N)N4CCCC4)cc3F)CS[C@H]12)c1nc(N)sc1Cl. The summed E-state index contributed by atoms with van der Waals surface area (Å²) in [6, 6.07) is 6.76. The van der Waals surface area contributed by atoms with E-state index in [2.05, 4.69) is 10.1 Å². The molecule has 0 spiro atoms. The number of fused-ring (bicyclic) bond motifs is 2. The van der Waals surface area contributed by atoms with Gasteiger partial charge in [-0.1, -0.05) is 40.2 Å². The monoisotopic (exact) mass is 740 g/mol. The highest BCUT2D eigenvalue weighted by molar-refractivity contribution is 8.00. The summed E-state index contributed by atoms with van der Waals surface area (Å²) in [4.78, 5) is 51.3. The van der Waals surface area contributed by atoms with Crippen LogP contribution >= 0.6 is 34.7 Å². The first kappa shape index (κ1) is 33.7. The summed E-state index contributed by atoms with van der Waals surface area (Å²) in [5.41, 5.74) is 7.84. The van der Waals surface area contributed by atoms with Crippen LogP contribution in [0.3, 0.4) is 0 Å². The fourth-order valence-corrected chi connectivity index (χ4v) is 8.98. The van der Waals surface area contributed by atoms with Gasteiger partial charge < -0.3 is 20.6 Å². The van der Waals surface area contributed by atoms with Crippen LogP contribution in [-0.2, 0) is 32.3 Å². The van der Waals surface area contributed by atoms with Crippen LogP contribution in [0.2, 0.25) is 4.34 Å². The molecule has 2 atom stereocenters. The maximum absolute atomic E-state index is 15.2. The summed E-state index contributed by atoms with van der Waals surface area (Å²) >= 11 is 8.55. The minimum atomic E-state index is -1.24. The van der Waals surface area contributed by atoms with Gasteiger partial charge in [-0.3, -0.25) is 19.9 Å². The number of β-lactam (4-membered cyclic amide) rings is 1. The van der Waals surface area contributed by atoms with E-state index in [9.17, 15) is 19.5 Å². The van der Waals surface area contributed by atoms with Gasteiger partial charge in [-0.2, -0.15) is 0 Å². The predicted molar refractivity (Wildman–Crippen MR) is 185 cm³/mol. The number of hydrogen-bond donors (Lipinski definition) is 3. The Bertz CT molecular complexity index is 2120. The molecule has 260 valence electrons. The van der Waals surface area contributed by atoms with Crippen molar-refractivity contribution >= 4 is 74.7 Å². The fraction of sp³-hybridized carbons (Fsp3) is 0.344. The zero-order chi connectivity index (χ0) is 35.3. The standard InChI is InChI=1S/C32H31ClFN9O5S2/c1-48-38-24(25-27(33)50-32(36)37-25)22(44)13-20-29(45)43-26(31(46)47)19(16-49-30(20)43)15-41-9-6-23-40(10-11-42(23)41)14-18-5-4-17(12-21(18)34)28(35)39-7-2-3-8-39/h4-6,9-12,20,30,35H,2-3,7-8,13-16H2,1H3,(H2-,36,37,46,47)/p+1/b35-28?,38-24+/t20-,30-/m1/s1. The highest BCUT2D eigenvalue weighted by Crippen LogP contribution is 2.45. The van der Waals surface area contributed by atoms with E-state index in [1.165, 1.54) is 29.8 Å². The molecular weight excluding hydrogens is 709 g/mol. The Hall–Kier alpha value is -4.74. The average molecular weight is 741 g/mol. The topological polar surface area (TPSA) is 175 Å². The zero-order valence-corrected chi connectivity index (χ0v) is 29.1. The Labute approximate surface area is 298 Å². The molecule has 50 heavy (non-hydrogen) atoms. The maximum Gasteiger partial charge on any atom is 0.352 e. The lowest BCUT2D eigenvalue weighted by molar-refractivity contribution is -0.662. The van der Waals surface area contributed by atoms with Crippen molar-refractivity contribution in [3.63, 3.8) is 0 Å². The van der Waals surface area contributed by atoms with Crippen molar-refractivity contribution in [1.82, 2.24) is 24.0 Å². The van der Waals surface area contributed by atoms with Crippen molar-refractivity contribution in [1.29, 1.82) is 5.41 Å². The molecule has 2 fully saturated rings. The van der Waals surface area contributed by atoms with Crippen molar-refractivity contribution < 1.29 is 33.3 Å². The Kier molecular flexibility index (Phi) is 9.13. The number of ketones is 1. The lowest BCUT2D eigenvalue weighted by atomic mass is 9.89. The zero-order valence-electron chi connectivity index (χ0n) is 26.7. The Morgan fingerprint density at radius 2 is 2.04 bits per heavy atom. The highest BCUT2D eigenvalue weighted by atomic mass is 35.5. The number of carboxylic acid groups (broad SMARTS) is 1. The van der Waals surface area contributed by atoms with E-state index in [1.54, 1.807) is 18.3 Å². The molecule has 0 radical (unpaired) electrons. The molecule has 1 aromatic carbocycles. The molecule has 2 saturated heterocycles. The highest BCUT2D eigenvalue weighted by Gasteiger charge is 2.54. The lowest BCUT2D eigenvalue weighted by Crippen LogP contribution is -2.62. The van der Waals surface area contributed by atoms with Gasteiger partial charge in [0.25, 0.3) is 0 Å². The number of carbonyl (C=O) groups excluding carboxylic acids is 2. The maximum atomic E-state index is 15.2. The number of imidazole rings is 1. The second-order valence-electron chi connectivity index (χ2n) is 12.1. The van der Waals surface area contributed by atoms with Crippen LogP contribution in [0.4, 0.5) is 9.52 Å². The van der Waals surface area contributed by atoms with Gasteiger partial charge in [0.2, 0.25) is 5.91 Å². The number of carbonyl (C=O) groups is 3. The Morgan fingerprint density at radius 1 is 1.26 bits per heavy atom. The van der Waals surface area contributed by atoms with Gasteiger partial charge in [-0.15, -0.1) is 16.3 Å². The van der Waals surface area contributed by atoms with Crippen molar-refractivity contribution in [3.8, 4) is 0 Å². The van der Waals surface area contributed by atoms with E-state index in [-0.39, 0.29) is 51.9 Å². The Morgan fingerprint density at radius 3 is 2.72 bits per heavy atom. The van der Waals surface area contributed by atoms with Crippen LogP contribution < -0.4 is 10.3 Å². The van der Waals surface area contributed by atoms with Crippen molar-refractivity contribution in [2.24, 2.45) is 11.1 Å². The summed E-state index contributed by atoms with van der Waals surface area (Å²) < 4.78 is 20.9. The van der Waals surface area contributed by atoms with E-state index in [0.717, 1.165) is 42.9 Å². The number of nitrogen functional groups attached to an aromatic ring is 1. The second-order valence-corrected chi connectivity index (χ2v) is 14.8. The van der Waals surface area contributed by atoms with Gasteiger partial charge in [0, 0.05) is 36.4 Å². The number of carboxylic acids is 1. The molecule has 3 aliphatic heterocycles. The third-order valence-electron chi connectivity index (χ3n) is 9.07. The number of likely N-dealkylation sites (tertiary alicyclic amines) is 1. The number of anilines is 1. The number of nitrogens with zero attached hydrogens (tertiary/aromatic N) is 7. The minimum Gasteiger partial charge on any atom is -0.477 e. The molecule has 4 aromatic rings. The summed E-state index contributed by atoms with van der Waals surface area (Å²) in [5.74, 6) is -2.76. The average Bonchev–Trinajstić information content (AvgIpc) is 3.90. The molecule has 0 aliphatic carbocycles. The number of thiazole rings is 1. The van der Waals surface area contributed by atoms with E-state index in [4.69, 9.17) is 27.6 Å². The largest absolute Gasteiger partial charge is 0.477 e. The molecule has 14 nitrogen and oxygen atoms in total. The number of Topliss-reactive ketones (excluding diaryl/α,β-unsaturated/α-hetero) is 1. The van der Waals surface area contributed by atoms with Crippen LogP contribution in [-0.4, -0.2) is 89.6 Å². The number of aromatic nitrogens is 4. The third kappa shape index (κ3) is 6.02. The van der Waals surface area contributed by atoms with Crippen LogP contribution in [0.25, 0.3) is 5.65 Å². The molecule has 3 aromatic heterocycles. The first-order valence-electron chi connectivity index (χ1n) is 15.7. The van der Waals surface area contributed by atoms with E-state index < -0.39 is 29.0 Å². The number of amides is 1. The summed E-state index contributed by atoms with van der Waals surface area (Å²) in [5, 5.41) is 22.1. The molecule has 0 saturated carbocycles. The van der Waals surface area contributed by atoms with Gasteiger partial charge >= 0.3 is 11.6 Å². The normalized spacial score (nSPS) is 19.3. The number of aliphatic carboxylic acids is 1. The van der Waals surface area contributed by atoms with Gasteiger partial charge in [-0.05, 0) is 24.5 Å². The van der Waals surface area contributed by atoms with E-state index >= 15 is 4.39 Å². The van der Waals surface area contributed by atoms with Gasteiger partial charge in [0.1, 0.15) is 47.2 Å². The Balaban J connectivity index is 1.06. The number of rotatable bonds is 11. The van der Waals surface area contributed by atoms with Gasteiger partial charge in [0.05, 0.1) is 30.1 Å². The van der Waals surface area contributed by atoms with Crippen LogP contribution in [0.1, 0.15) is 36.1 Å². The summed E-state index contributed by atoms with van der Waals surface area (Å²) in [6.45, 7) is 2.06. The predicted octanol–water partition coefficient (Wildman–Crippen LogP) is 3.21. The number of benzene rings is 1. The first-order chi connectivity index (χ1) is 24.0. The lowest BCUT2D eigenvalue weighted by Gasteiger charge is -2.49. The molecular formula is C32H32ClFN9O5S2+. The summed E-state index contributed by atoms with van der Waals surface area (Å²) in [7, 11) is 1.27. The second kappa shape index (κ2) is 13.5. The molecule has 0 bridgehead atoms. The fourth-order valence-electron chi connectivity index (χ4n) is 6.65. The molecule has 0 unspecified atom stereocenters. The smallest absolute Gasteiger partial charge is 0.352 e. The number of nitrogens with two attached hydrogens (primary N) is 1. The molecule has 18 heteroatoms. The van der Waals surface area contributed by atoms with Crippen LogP contribution in [0.5, 0.6) is 0 Å². The molecule has 3 aliphatic rings. The number of hydrogen-bond acceptors (Lipinski definition) is 10. The molecule has 6 heterocycles. The van der Waals surface area contributed by atoms with E-state index in [1.807, 2.05) is 37.1 Å². The van der Waals surface area contributed by atoms with Crippen molar-refractivity contribution in [2.45, 2.75) is 37.7 Å². The number of thioether (sulfide) groups is 1. The van der Waals surface area contributed by atoms with Crippen molar-refractivity contribution in [3.05, 3.63) is 81.1 Å². The van der Waals surface area contributed by atoms with Crippen LogP contribution in [0.15, 0.2) is 59.3 Å². The van der Waals surface area contributed by atoms with Gasteiger partial charge in [0.15, 0.2) is 22.8 Å². The number of halogens is 2. The molecule has 4 N–H and O–H groups in total.